The predicted octanol–water partition coefficient (Wildman–Crippen LogP) is 3.06. The third kappa shape index (κ3) is 1.98. The number of nitrogens with one attached hydrogen (secondary N) is 1. The average Bonchev–Trinajstić information content (AvgIpc) is 2.06. The molecule has 0 amide bonds. The topological polar surface area (TPSA) is 44.1 Å². The number of rotatable bonds is 1. The summed E-state index contributed by atoms with van der Waals surface area (Å²) in [5.41, 5.74) is -1.49. The molecule has 76 valence electrons. The van der Waals surface area contributed by atoms with E-state index in [0.717, 1.165) is 6.07 Å². The Kier molecular flexibility index (Phi) is 2.71. The Morgan fingerprint density at radius 1 is 1.36 bits per heavy atom. The molecule has 0 aromatic heterocycles. The SMILES string of the molecule is N=Cc1cc(Cl)cc(C(F)(F)F)c1O. The van der Waals surface area contributed by atoms with Gasteiger partial charge in [0, 0.05) is 16.8 Å². The van der Waals surface area contributed by atoms with Crippen LogP contribution < -0.4 is 0 Å². The molecule has 1 aromatic carbocycles. The first-order valence-electron chi connectivity index (χ1n) is 3.46. The van der Waals surface area contributed by atoms with Crippen molar-refractivity contribution in [1.82, 2.24) is 0 Å². The fourth-order valence-corrected chi connectivity index (χ4v) is 1.17. The highest BCUT2D eigenvalue weighted by atomic mass is 35.5. The van der Waals surface area contributed by atoms with Gasteiger partial charge in [-0.1, -0.05) is 11.6 Å². The van der Waals surface area contributed by atoms with Crippen molar-refractivity contribution in [3.05, 3.63) is 28.3 Å². The lowest BCUT2D eigenvalue weighted by atomic mass is 10.1. The van der Waals surface area contributed by atoms with Gasteiger partial charge in [-0.15, -0.1) is 0 Å². The van der Waals surface area contributed by atoms with Crippen molar-refractivity contribution in [3.8, 4) is 5.75 Å². The molecule has 14 heavy (non-hydrogen) atoms. The van der Waals surface area contributed by atoms with Crippen molar-refractivity contribution in [1.29, 1.82) is 5.41 Å². The average molecular weight is 224 g/mol. The van der Waals surface area contributed by atoms with Crippen LogP contribution in [-0.4, -0.2) is 11.3 Å². The normalized spacial score (nSPS) is 11.4. The maximum atomic E-state index is 12.3. The number of phenols is 1. The van der Waals surface area contributed by atoms with E-state index < -0.39 is 17.5 Å². The first-order chi connectivity index (χ1) is 6.36. The number of phenolic OH excluding ortho intramolecular Hbond substituents is 1. The van der Waals surface area contributed by atoms with Crippen LogP contribution in [0.15, 0.2) is 12.1 Å². The Labute approximate surface area is 82.4 Å². The summed E-state index contributed by atoms with van der Waals surface area (Å²) < 4.78 is 36.8. The fourth-order valence-electron chi connectivity index (χ4n) is 0.946. The molecule has 0 spiro atoms. The van der Waals surface area contributed by atoms with Crippen LogP contribution in [0, 0.1) is 5.41 Å². The van der Waals surface area contributed by atoms with E-state index in [2.05, 4.69) is 0 Å². The van der Waals surface area contributed by atoms with Crippen LogP contribution >= 0.6 is 11.6 Å². The van der Waals surface area contributed by atoms with E-state index >= 15 is 0 Å². The number of alkyl halides is 3. The summed E-state index contributed by atoms with van der Waals surface area (Å²) in [6.45, 7) is 0. The third-order valence-electron chi connectivity index (χ3n) is 1.57. The summed E-state index contributed by atoms with van der Waals surface area (Å²) in [4.78, 5) is 0. The maximum absolute atomic E-state index is 12.3. The lowest BCUT2D eigenvalue weighted by Crippen LogP contribution is -2.06. The van der Waals surface area contributed by atoms with Gasteiger partial charge in [0.2, 0.25) is 0 Å². The Morgan fingerprint density at radius 2 is 1.93 bits per heavy atom. The van der Waals surface area contributed by atoms with Crippen molar-refractivity contribution < 1.29 is 18.3 Å². The number of aromatic hydroxyl groups is 1. The van der Waals surface area contributed by atoms with Crippen molar-refractivity contribution >= 4 is 17.8 Å². The van der Waals surface area contributed by atoms with Crippen molar-refractivity contribution in [2.75, 3.05) is 0 Å². The number of benzene rings is 1. The molecule has 0 unspecified atom stereocenters. The summed E-state index contributed by atoms with van der Waals surface area (Å²) in [6, 6.07) is 1.70. The summed E-state index contributed by atoms with van der Waals surface area (Å²) >= 11 is 5.39. The van der Waals surface area contributed by atoms with Gasteiger partial charge in [-0.25, -0.2) is 0 Å². The Bertz CT molecular complexity index is 376. The maximum Gasteiger partial charge on any atom is 0.420 e. The standard InChI is InChI=1S/C8H5ClF3NO/c9-5-1-4(3-13)7(14)6(2-5)8(10,11)12/h1-3,13-14H. The predicted molar refractivity (Wildman–Crippen MR) is 46.0 cm³/mol. The summed E-state index contributed by atoms with van der Waals surface area (Å²) in [6.07, 6.45) is -4.07. The molecule has 1 aromatic rings. The molecule has 1 rings (SSSR count). The van der Waals surface area contributed by atoms with E-state index in [1.165, 1.54) is 0 Å². The molecule has 0 heterocycles. The molecule has 2 nitrogen and oxygen atoms in total. The quantitative estimate of drug-likeness (QED) is 0.706. The molecule has 0 bridgehead atoms. The second-order valence-corrected chi connectivity index (χ2v) is 2.97. The third-order valence-corrected chi connectivity index (χ3v) is 1.78. The highest BCUT2D eigenvalue weighted by Crippen LogP contribution is 2.38. The molecule has 0 radical (unpaired) electrons. The van der Waals surface area contributed by atoms with Gasteiger partial charge < -0.3 is 10.5 Å². The van der Waals surface area contributed by atoms with Gasteiger partial charge in [-0.05, 0) is 12.1 Å². The minimum absolute atomic E-state index is 0.173. The molecule has 6 heteroatoms. The van der Waals surface area contributed by atoms with Crippen LogP contribution in [0.5, 0.6) is 5.75 Å². The highest BCUT2D eigenvalue weighted by Gasteiger charge is 2.35. The highest BCUT2D eigenvalue weighted by molar-refractivity contribution is 6.31. The minimum Gasteiger partial charge on any atom is -0.507 e. The second-order valence-electron chi connectivity index (χ2n) is 2.53. The molecule has 0 aliphatic heterocycles. The van der Waals surface area contributed by atoms with Crippen LogP contribution in [0.3, 0.4) is 0 Å². The zero-order chi connectivity index (χ0) is 10.9. The first kappa shape index (κ1) is 10.8. The van der Waals surface area contributed by atoms with Crippen LogP contribution in [0.4, 0.5) is 13.2 Å². The van der Waals surface area contributed by atoms with Crippen molar-refractivity contribution in [2.24, 2.45) is 0 Å². The van der Waals surface area contributed by atoms with E-state index in [-0.39, 0.29) is 10.6 Å². The molecule has 2 N–H and O–H groups in total. The van der Waals surface area contributed by atoms with Crippen LogP contribution in [0.1, 0.15) is 11.1 Å². The summed E-state index contributed by atoms with van der Waals surface area (Å²) in [5.74, 6) is -0.975. The molecule has 0 aliphatic rings. The Hall–Kier alpha value is -1.23. The van der Waals surface area contributed by atoms with Gasteiger partial charge in [0.15, 0.2) is 0 Å². The van der Waals surface area contributed by atoms with Gasteiger partial charge in [-0.2, -0.15) is 13.2 Å². The molecule has 0 aliphatic carbocycles. The van der Waals surface area contributed by atoms with Crippen molar-refractivity contribution in [2.45, 2.75) is 6.18 Å². The van der Waals surface area contributed by atoms with Crippen LogP contribution in [0.25, 0.3) is 0 Å². The second kappa shape index (κ2) is 3.49. The Balaban J connectivity index is 3.44. The van der Waals surface area contributed by atoms with Crippen molar-refractivity contribution in [3.63, 3.8) is 0 Å². The van der Waals surface area contributed by atoms with E-state index in [4.69, 9.17) is 22.1 Å². The van der Waals surface area contributed by atoms with E-state index in [9.17, 15) is 13.2 Å². The molecule has 0 fully saturated rings. The first-order valence-corrected chi connectivity index (χ1v) is 3.84. The lowest BCUT2D eigenvalue weighted by Gasteiger charge is -2.10. The largest absolute Gasteiger partial charge is 0.507 e. The number of halogens is 4. The summed E-state index contributed by atoms with van der Waals surface area (Å²) in [5, 5.41) is 15.7. The summed E-state index contributed by atoms with van der Waals surface area (Å²) in [7, 11) is 0. The van der Waals surface area contributed by atoms with E-state index in [1.54, 1.807) is 0 Å². The van der Waals surface area contributed by atoms with Gasteiger partial charge in [0.1, 0.15) is 5.75 Å². The molecular weight excluding hydrogens is 219 g/mol. The molecular formula is C8H5ClF3NO. The van der Waals surface area contributed by atoms with Gasteiger partial charge in [0.25, 0.3) is 0 Å². The van der Waals surface area contributed by atoms with Gasteiger partial charge in [-0.3, -0.25) is 0 Å². The number of hydrogen-bond donors (Lipinski definition) is 2. The molecule has 0 atom stereocenters. The van der Waals surface area contributed by atoms with Crippen LogP contribution in [-0.2, 0) is 6.18 Å². The monoisotopic (exact) mass is 223 g/mol. The fraction of sp³-hybridized carbons (Fsp3) is 0.125. The molecule has 0 saturated heterocycles. The molecule has 0 saturated carbocycles. The van der Waals surface area contributed by atoms with Crippen LogP contribution in [0.2, 0.25) is 5.02 Å². The number of hydrogen-bond acceptors (Lipinski definition) is 2. The van der Waals surface area contributed by atoms with Gasteiger partial charge >= 0.3 is 6.18 Å². The van der Waals surface area contributed by atoms with Gasteiger partial charge in [0.05, 0.1) is 5.56 Å². The zero-order valence-electron chi connectivity index (χ0n) is 6.69. The smallest absolute Gasteiger partial charge is 0.420 e. The van der Waals surface area contributed by atoms with E-state index in [0.29, 0.717) is 12.3 Å². The minimum atomic E-state index is -4.67. The zero-order valence-corrected chi connectivity index (χ0v) is 7.45. The van der Waals surface area contributed by atoms with E-state index in [1.807, 2.05) is 0 Å². The Morgan fingerprint density at radius 3 is 2.36 bits per heavy atom. The lowest BCUT2D eigenvalue weighted by molar-refractivity contribution is -0.138.